The number of nitrogens with two attached hydrogens (primary N) is 1. The molecule has 2 N–H and O–H groups in total. The molecular weight excluding hydrogens is 293 g/mol. The van der Waals surface area contributed by atoms with Gasteiger partial charge in [0, 0.05) is 4.47 Å². The van der Waals surface area contributed by atoms with Crippen molar-refractivity contribution < 1.29 is 4.39 Å². The SMILES string of the molecule is CC1CCC(CN)(Cc2ccc(F)cc2Br)CC1. The van der Waals surface area contributed by atoms with Gasteiger partial charge in [-0.2, -0.15) is 0 Å². The second-order valence-electron chi connectivity index (χ2n) is 5.80. The highest BCUT2D eigenvalue weighted by Crippen LogP contribution is 2.41. The van der Waals surface area contributed by atoms with Crippen LogP contribution in [-0.2, 0) is 6.42 Å². The average Bonchev–Trinajstić information content (AvgIpc) is 2.36. The van der Waals surface area contributed by atoms with Gasteiger partial charge in [-0.3, -0.25) is 0 Å². The van der Waals surface area contributed by atoms with Crippen LogP contribution in [0, 0.1) is 17.2 Å². The number of hydrogen-bond acceptors (Lipinski definition) is 1. The molecule has 2 rings (SSSR count). The fraction of sp³-hybridized carbons (Fsp3) is 0.600. The Bertz CT molecular complexity index is 411. The molecule has 1 fully saturated rings. The molecule has 1 aromatic carbocycles. The highest BCUT2D eigenvalue weighted by molar-refractivity contribution is 9.10. The van der Waals surface area contributed by atoms with Gasteiger partial charge in [-0.1, -0.05) is 41.8 Å². The monoisotopic (exact) mass is 313 g/mol. The normalized spacial score (nSPS) is 28.3. The lowest BCUT2D eigenvalue weighted by molar-refractivity contribution is 0.163. The topological polar surface area (TPSA) is 26.0 Å². The summed E-state index contributed by atoms with van der Waals surface area (Å²) in [6.07, 6.45) is 5.85. The van der Waals surface area contributed by atoms with Crippen LogP contribution in [0.2, 0.25) is 0 Å². The van der Waals surface area contributed by atoms with Crippen molar-refractivity contribution in [3.05, 3.63) is 34.1 Å². The molecule has 3 heteroatoms. The molecule has 1 saturated carbocycles. The van der Waals surface area contributed by atoms with Crippen LogP contribution in [0.5, 0.6) is 0 Å². The summed E-state index contributed by atoms with van der Waals surface area (Å²) in [6.45, 7) is 3.04. The van der Waals surface area contributed by atoms with Gasteiger partial charge < -0.3 is 5.73 Å². The zero-order chi connectivity index (χ0) is 13.2. The molecule has 1 nitrogen and oxygen atoms in total. The van der Waals surface area contributed by atoms with E-state index in [4.69, 9.17) is 5.73 Å². The van der Waals surface area contributed by atoms with Crippen molar-refractivity contribution in [2.24, 2.45) is 17.1 Å². The Hall–Kier alpha value is -0.410. The fourth-order valence-electron chi connectivity index (χ4n) is 2.90. The molecule has 0 aliphatic heterocycles. The molecular formula is C15H21BrFN. The molecule has 1 aliphatic rings. The lowest BCUT2D eigenvalue weighted by Crippen LogP contribution is -2.36. The summed E-state index contributed by atoms with van der Waals surface area (Å²) in [6, 6.07) is 4.97. The van der Waals surface area contributed by atoms with Crippen LogP contribution in [0.15, 0.2) is 22.7 Å². The number of halogens is 2. The van der Waals surface area contributed by atoms with E-state index in [-0.39, 0.29) is 11.2 Å². The Balaban J connectivity index is 2.15. The predicted molar refractivity (Wildman–Crippen MR) is 76.9 cm³/mol. The van der Waals surface area contributed by atoms with Crippen molar-refractivity contribution in [1.82, 2.24) is 0 Å². The lowest BCUT2D eigenvalue weighted by atomic mass is 9.68. The van der Waals surface area contributed by atoms with Crippen LogP contribution in [-0.4, -0.2) is 6.54 Å². The van der Waals surface area contributed by atoms with Crippen LogP contribution >= 0.6 is 15.9 Å². The highest BCUT2D eigenvalue weighted by atomic mass is 79.9. The van der Waals surface area contributed by atoms with Crippen LogP contribution in [0.3, 0.4) is 0 Å². The van der Waals surface area contributed by atoms with Gasteiger partial charge in [-0.15, -0.1) is 0 Å². The fourth-order valence-corrected chi connectivity index (χ4v) is 3.39. The smallest absolute Gasteiger partial charge is 0.124 e. The molecule has 1 aliphatic carbocycles. The van der Waals surface area contributed by atoms with Crippen molar-refractivity contribution in [3.63, 3.8) is 0 Å². The molecule has 1 aromatic rings. The molecule has 18 heavy (non-hydrogen) atoms. The van der Waals surface area contributed by atoms with Crippen molar-refractivity contribution in [3.8, 4) is 0 Å². The third kappa shape index (κ3) is 3.12. The zero-order valence-corrected chi connectivity index (χ0v) is 12.5. The van der Waals surface area contributed by atoms with Crippen molar-refractivity contribution in [1.29, 1.82) is 0 Å². The van der Waals surface area contributed by atoms with Gasteiger partial charge in [-0.05, 0) is 54.8 Å². The Morgan fingerprint density at radius 2 is 2.06 bits per heavy atom. The molecule has 0 bridgehead atoms. The maximum Gasteiger partial charge on any atom is 0.124 e. The molecule has 0 amide bonds. The number of benzene rings is 1. The van der Waals surface area contributed by atoms with Crippen LogP contribution < -0.4 is 5.73 Å². The van der Waals surface area contributed by atoms with Crippen molar-refractivity contribution in [2.75, 3.05) is 6.54 Å². The summed E-state index contributed by atoms with van der Waals surface area (Å²) in [7, 11) is 0. The van der Waals surface area contributed by atoms with E-state index in [9.17, 15) is 4.39 Å². The molecule has 0 atom stereocenters. The molecule has 0 radical (unpaired) electrons. The van der Waals surface area contributed by atoms with E-state index >= 15 is 0 Å². The van der Waals surface area contributed by atoms with Gasteiger partial charge >= 0.3 is 0 Å². The van der Waals surface area contributed by atoms with Crippen LogP contribution in [0.4, 0.5) is 4.39 Å². The first-order valence-electron chi connectivity index (χ1n) is 6.69. The van der Waals surface area contributed by atoms with E-state index in [0.717, 1.165) is 23.4 Å². The minimum Gasteiger partial charge on any atom is -0.330 e. The first-order chi connectivity index (χ1) is 8.54. The van der Waals surface area contributed by atoms with E-state index in [1.54, 1.807) is 6.07 Å². The van der Waals surface area contributed by atoms with E-state index < -0.39 is 0 Å². The Morgan fingerprint density at radius 3 is 2.61 bits per heavy atom. The molecule has 0 heterocycles. The zero-order valence-electron chi connectivity index (χ0n) is 10.9. The summed E-state index contributed by atoms with van der Waals surface area (Å²) < 4.78 is 14.0. The second-order valence-corrected chi connectivity index (χ2v) is 6.65. The van der Waals surface area contributed by atoms with Crippen molar-refractivity contribution >= 4 is 15.9 Å². The Morgan fingerprint density at radius 1 is 1.39 bits per heavy atom. The first kappa shape index (κ1) is 14.0. The van der Waals surface area contributed by atoms with Gasteiger partial charge in [0.25, 0.3) is 0 Å². The molecule has 0 unspecified atom stereocenters. The minimum absolute atomic E-state index is 0.190. The second kappa shape index (κ2) is 5.70. The van der Waals surface area contributed by atoms with E-state index in [0.29, 0.717) is 0 Å². The average molecular weight is 314 g/mol. The van der Waals surface area contributed by atoms with E-state index in [2.05, 4.69) is 22.9 Å². The number of rotatable bonds is 3. The maximum absolute atomic E-state index is 13.1. The van der Waals surface area contributed by atoms with E-state index in [1.807, 2.05) is 6.07 Å². The minimum atomic E-state index is -0.190. The quantitative estimate of drug-likeness (QED) is 0.885. The molecule has 0 spiro atoms. The molecule has 0 saturated heterocycles. The van der Waals surface area contributed by atoms with Gasteiger partial charge in [0.15, 0.2) is 0 Å². The van der Waals surface area contributed by atoms with E-state index in [1.165, 1.54) is 37.3 Å². The highest BCUT2D eigenvalue weighted by Gasteiger charge is 2.33. The van der Waals surface area contributed by atoms with Gasteiger partial charge in [-0.25, -0.2) is 4.39 Å². The first-order valence-corrected chi connectivity index (χ1v) is 7.48. The third-order valence-electron chi connectivity index (χ3n) is 4.35. The number of hydrogen-bond donors (Lipinski definition) is 1. The largest absolute Gasteiger partial charge is 0.330 e. The standard InChI is InChI=1S/C15H21BrFN/c1-11-4-6-15(10-18,7-5-11)9-12-2-3-13(17)8-14(12)16/h2-3,8,11H,4-7,9-10,18H2,1H3. The Kier molecular flexibility index (Phi) is 4.44. The summed E-state index contributed by atoms with van der Waals surface area (Å²) >= 11 is 3.46. The van der Waals surface area contributed by atoms with Gasteiger partial charge in [0.1, 0.15) is 5.82 Å². The van der Waals surface area contributed by atoms with Gasteiger partial charge in [0.05, 0.1) is 0 Å². The van der Waals surface area contributed by atoms with Crippen LogP contribution in [0.25, 0.3) is 0 Å². The van der Waals surface area contributed by atoms with Crippen molar-refractivity contribution in [2.45, 2.75) is 39.0 Å². The lowest BCUT2D eigenvalue weighted by Gasteiger charge is -2.39. The van der Waals surface area contributed by atoms with Gasteiger partial charge in [0.2, 0.25) is 0 Å². The summed E-state index contributed by atoms with van der Waals surface area (Å²) in [5.41, 5.74) is 7.41. The third-order valence-corrected chi connectivity index (χ3v) is 5.09. The maximum atomic E-state index is 13.1. The molecule has 0 aromatic heterocycles. The van der Waals surface area contributed by atoms with Crippen LogP contribution in [0.1, 0.15) is 38.2 Å². The summed E-state index contributed by atoms with van der Waals surface area (Å²) in [5, 5.41) is 0. The Labute approximate surface area is 117 Å². The molecule has 100 valence electrons. The predicted octanol–water partition coefficient (Wildman–Crippen LogP) is 4.29. The summed E-state index contributed by atoms with van der Waals surface area (Å²) in [5.74, 6) is 0.631. The summed E-state index contributed by atoms with van der Waals surface area (Å²) in [4.78, 5) is 0.